The van der Waals surface area contributed by atoms with Gasteiger partial charge in [0.2, 0.25) is 0 Å². The Labute approximate surface area is 128 Å². The van der Waals surface area contributed by atoms with E-state index in [4.69, 9.17) is 4.74 Å². The van der Waals surface area contributed by atoms with E-state index in [0.29, 0.717) is 11.5 Å². The molecule has 1 saturated heterocycles. The molecule has 21 heavy (non-hydrogen) atoms. The molecule has 1 atom stereocenters. The summed E-state index contributed by atoms with van der Waals surface area (Å²) in [7, 11) is 1.82. The van der Waals surface area contributed by atoms with E-state index in [1.165, 1.54) is 44.5 Å². The normalized spacial score (nSPS) is 24.9. The molecule has 1 aromatic rings. The van der Waals surface area contributed by atoms with Crippen molar-refractivity contribution < 1.29 is 4.74 Å². The second-order valence-corrected chi connectivity index (χ2v) is 6.82. The van der Waals surface area contributed by atoms with Crippen LogP contribution in [0, 0.1) is 5.41 Å². The molecule has 1 heterocycles. The zero-order valence-electron chi connectivity index (χ0n) is 13.2. The molecule has 3 nitrogen and oxygen atoms in total. The molecule has 0 aromatic heterocycles. The highest BCUT2D eigenvalue weighted by molar-refractivity contribution is 5.16. The van der Waals surface area contributed by atoms with Gasteiger partial charge in [-0.1, -0.05) is 30.3 Å². The van der Waals surface area contributed by atoms with Crippen LogP contribution in [0.5, 0.6) is 0 Å². The number of methoxy groups -OCH3 is 1. The molecule has 116 valence electrons. The zero-order valence-corrected chi connectivity index (χ0v) is 13.2. The molecule has 1 aromatic carbocycles. The molecule has 1 saturated carbocycles. The summed E-state index contributed by atoms with van der Waals surface area (Å²) in [6.45, 7) is 5.68. The van der Waals surface area contributed by atoms with Crippen molar-refractivity contribution in [1.82, 2.24) is 10.2 Å². The number of nitrogens with zero attached hydrogens (tertiary/aromatic N) is 1. The molecule has 1 unspecified atom stereocenters. The third kappa shape index (κ3) is 4.29. The highest BCUT2D eigenvalue weighted by atomic mass is 16.5. The molecule has 3 heteroatoms. The molecular weight excluding hydrogens is 260 g/mol. The van der Waals surface area contributed by atoms with Crippen LogP contribution in [0.3, 0.4) is 0 Å². The number of hydrogen-bond donors (Lipinski definition) is 1. The van der Waals surface area contributed by atoms with Gasteiger partial charge in [-0.3, -0.25) is 4.90 Å². The first-order valence-corrected chi connectivity index (χ1v) is 8.28. The van der Waals surface area contributed by atoms with Crippen LogP contribution in [-0.4, -0.2) is 50.8 Å². The first-order valence-electron chi connectivity index (χ1n) is 8.28. The summed E-state index contributed by atoms with van der Waals surface area (Å²) < 4.78 is 5.28. The van der Waals surface area contributed by atoms with Gasteiger partial charge in [0.25, 0.3) is 0 Å². The van der Waals surface area contributed by atoms with E-state index in [1.54, 1.807) is 0 Å². The van der Waals surface area contributed by atoms with E-state index in [9.17, 15) is 0 Å². The Hall–Kier alpha value is -0.900. The number of nitrogens with one attached hydrogen (secondary N) is 1. The highest BCUT2D eigenvalue weighted by Gasteiger charge is 2.43. The Kier molecular flexibility index (Phi) is 4.94. The van der Waals surface area contributed by atoms with E-state index in [2.05, 4.69) is 40.5 Å². The lowest BCUT2D eigenvalue weighted by Gasteiger charge is -2.36. The van der Waals surface area contributed by atoms with E-state index in [0.717, 1.165) is 19.6 Å². The van der Waals surface area contributed by atoms with E-state index >= 15 is 0 Å². The number of ether oxygens (including phenoxy) is 1. The molecule has 0 radical (unpaired) electrons. The quantitative estimate of drug-likeness (QED) is 0.833. The largest absolute Gasteiger partial charge is 0.385 e. The zero-order chi connectivity index (χ0) is 14.5. The Bertz CT molecular complexity index is 430. The molecule has 0 bridgehead atoms. The molecular formula is C18H28N2O. The van der Waals surface area contributed by atoms with Crippen LogP contribution < -0.4 is 5.32 Å². The van der Waals surface area contributed by atoms with Gasteiger partial charge >= 0.3 is 0 Å². The second-order valence-electron chi connectivity index (χ2n) is 6.82. The lowest BCUT2D eigenvalue weighted by Crippen LogP contribution is -2.52. The standard InChI is InChI=1S/C18H28N2O/c1-21-12-9-18(7-8-18)15-20-11-10-19-17(14-20)13-16-5-3-2-4-6-16/h2-6,17,19H,7-15H2,1H3. The van der Waals surface area contributed by atoms with Gasteiger partial charge in [-0.15, -0.1) is 0 Å². The molecule has 3 rings (SSSR count). The van der Waals surface area contributed by atoms with Gasteiger partial charge in [0.05, 0.1) is 0 Å². The van der Waals surface area contributed by atoms with Gasteiger partial charge in [-0.05, 0) is 36.7 Å². The first-order chi connectivity index (χ1) is 10.3. The van der Waals surface area contributed by atoms with Gasteiger partial charge in [-0.25, -0.2) is 0 Å². The number of rotatable bonds is 7. The Morgan fingerprint density at radius 3 is 2.81 bits per heavy atom. The molecule has 0 amide bonds. The van der Waals surface area contributed by atoms with Crippen LogP contribution >= 0.6 is 0 Å². The average Bonchev–Trinajstić information content (AvgIpc) is 3.26. The van der Waals surface area contributed by atoms with Crippen LogP contribution in [-0.2, 0) is 11.2 Å². The van der Waals surface area contributed by atoms with Gasteiger partial charge in [0.1, 0.15) is 0 Å². The highest BCUT2D eigenvalue weighted by Crippen LogP contribution is 2.49. The lowest BCUT2D eigenvalue weighted by atomic mass is 9.99. The van der Waals surface area contributed by atoms with Gasteiger partial charge in [0, 0.05) is 45.9 Å². The summed E-state index contributed by atoms with van der Waals surface area (Å²) in [6.07, 6.45) is 5.16. The van der Waals surface area contributed by atoms with E-state index in [-0.39, 0.29) is 0 Å². The van der Waals surface area contributed by atoms with Crippen molar-refractivity contribution in [3.8, 4) is 0 Å². The fourth-order valence-corrected chi connectivity index (χ4v) is 3.53. The molecule has 2 fully saturated rings. The molecule has 1 aliphatic heterocycles. The molecule has 0 spiro atoms. The van der Waals surface area contributed by atoms with Crippen LogP contribution in [0.25, 0.3) is 0 Å². The maximum Gasteiger partial charge on any atom is 0.0468 e. The maximum absolute atomic E-state index is 5.28. The minimum Gasteiger partial charge on any atom is -0.385 e. The van der Waals surface area contributed by atoms with Crippen molar-refractivity contribution in [2.24, 2.45) is 5.41 Å². The SMILES string of the molecule is COCCC1(CN2CCNC(Cc3ccccc3)C2)CC1. The topological polar surface area (TPSA) is 24.5 Å². The van der Waals surface area contributed by atoms with E-state index in [1.807, 2.05) is 7.11 Å². The first kappa shape index (κ1) is 15.0. The maximum atomic E-state index is 5.28. The minimum atomic E-state index is 0.574. The summed E-state index contributed by atoms with van der Waals surface area (Å²) in [5, 5.41) is 3.68. The predicted molar refractivity (Wildman–Crippen MR) is 86.5 cm³/mol. The van der Waals surface area contributed by atoms with Crippen LogP contribution in [0.4, 0.5) is 0 Å². The van der Waals surface area contributed by atoms with Crippen molar-refractivity contribution in [3.05, 3.63) is 35.9 Å². The summed E-state index contributed by atoms with van der Waals surface area (Å²) in [6, 6.07) is 11.4. The number of piperazine rings is 1. The predicted octanol–water partition coefficient (Wildman–Crippen LogP) is 2.32. The number of hydrogen-bond acceptors (Lipinski definition) is 3. The molecule has 2 aliphatic rings. The second kappa shape index (κ2) is 6.91. The molecule has 1 aliphatic carbocycles. The van der Waals surface area contributed by atoms with Gasteiger partial charge < -0.3 is 10.1 Å². The van der Waals surface area contributed by atoms with Crippen molar-refractivity contribution in [1.29, 1.82) is 0 Å². The van der Waals surface area contributed by atoms with Crippen molar-refractivity contribution in [2.45, 2.75) is 31.7 Å². The summed E-state index contributed by atoms with van der Waals surface area (Å²) in [4.78, 5) is 2.67. The summed E-state index contributed by atoms with van der Waals surface area (Å²) in [5.41, 5.74) is 2.02. The van der Waals surface area contributed by atoms with Gasteiger partial charge in [0.15, 0.2) is 0 Å². The van der Waals surface area contributed by atoms with Crippen LogP contribution in [0.2, 0.25) is 0 Å². The Balaban J connectivity index is 1.49. The van der Waals surface area contributed by atoms with Crippen molar-refractivity contribution in [3.63, 3.8) is 0 Å². The third-order valence-electron chi connectivity index (χ3n) is 5.02. The minimum absolute atomic E-state index is 0.574. The lowest BCUT2D eigenvalue weighted by molar-refractivity contribution is 0.129. The Morgan fingerprint density at radius 1 is 1.29 bits per heavy atom. The summed E-state index contributed by atoms with van der Waals surface area (Å²) in [5.74, 6) is 0. The smallest absolute Gasteiger partial charge is 0.0468 e. The number of benzene rings is 1. The van der Waals surface area contributed by atoms with Crippen molar-refractivity contribution in [2.75, 3.05) is 39.9 Å². The molecule has 1 N–H and O–H groups in total. The average molecular weight is 288 g/mol. The van der Waals surface area contributed by atoms with Crippen LogP contribution in [0.1, 0.15) is 24.8 Å². The fraction of sp³-hybridized carbons (Fsp3) is 0.667. The van der Waals surface area contributed by atoms with E-state index < -0.39 is 0 Å². The van der Waals surface area contributed by atoms with Crippen LogP contribution in [0.15, 0.2) is 30.3 Å². The third-order valence-corrected chi connectivity index (χ3v) is 5.02. The Morgan fingerprint density at radius 2 is 2.10 bits per heavy atom. The summed E-state index contributed by atoms with van der Waals surface area (Å²) >= 11 is 0. The van der Waals surface area contributed by atoms with Gasteiger partial charge in [-0.2, -0.15) is 0 Å². The monoisotopic (exact) mass is 288 g/mol. The fourth-order valence-electron chi connectivity index (χ4n) is 3.53. The van der Waals surface area contributed by atoms with Crippen molar-refractivity contribution >= 4 is 0 Å².